The fourth-order valence-electron chi connectivity index (χ4n) is 0. The van der Waals surface area contributed by atoms with Crippen molar-refractivity contribution < 1.29 is 5.11 Å². The van der Waals surface area contributed by atoms with Gasteiger partial charge in [-0.1, -0.05) is 13.8 Å². The molecule has 0 spiro atoms. The Hall–Kier alpha value is 0.557. The average Bonchev–Trinajstić information content (AvgIpc) is 1.38. The first-order chi connectivity index (χ1) is 2.27. The van der Waals surface area contributed by atoms with Gasteiger partial charge in [0.1, 0.15) is 0 Å². The maximum absolute atomic E-state index is 8.14. The SMILES string of the molecule is CC(C)CO.[LiH]. The Balaban J connectivity index is 0. The van der Waals surface area contributed by atoms with Gasteiger partial charge in [0, 0.05) is 6.61 Å². The molecule has 2 heteroatoms. The van der Waals surface area contributed by atoms with Crippen LogP contribution in [0, 0.1) is 5.92 Å². The molecule has 0 rings (SSSR count). The zero-order chi connectivity index (χ0) is 4.28. The molecule has 0 radical (unpaired) electrons. The monoisotopic (exact) mass is 82.1 g/mol. The standard InChI is InChI=1S/C4H10O.Li.H/c1-4(2)3-5;;/h4-5H,3H2,1-2H3;;. The fourth-order valence-corrected chi connectivity index (χ4v) is 0. The fraction of sp³-hybridized carbons (Fsp3) is 1.00. The number of aliphatic hydroxyl groups is 1. The van der Waals surface area contributed by atoms with E-state index in [2.05, 4.69) is 0 Å². The number of hydrogen-bond acceptors (Lipinski definition) is 1. The third-order valence-corrected chi connectivity index (χ3v) is 0.365. The predicted molar refractivity (Wildman–Crippen MR) is 29.1 cm³/mol. The van der Waals surface area contributed by atoms with E-state index in [-0.39, 0.29) is 18.9 Å². The van der Waals surface area contributed by atoms with E-state index in [1.807, 2.05) is 13.8 Å². The van der Waals surface area contributed by atoms with Crippen LogP contribution in [0.3, 0.4) is 0 Å². The molecule has 0 amide bonds. The second kappa shape index (κ2) is 5.56. The molecule has 0 heterocycles. The van der Waals surface area contributed by atoms with Crippen LogP contribution in [0.1, 0.15) is 13.8 Å². The Morgan fingerprint density at radius 2 is 1.67 bits per heavy atom. The van der Waals surface area contributed by atoms with Gasteiger partial charge in [-0.15, -0.1) is 0 Å². The maximum atomic E-state index is 8.14. The normalized spacial score (nSPS) is 8.00. The van der Waals surface area contributed by atoms with Crippen LogP contribution in [0.5, 0.6) is 0 Å². The van der Waals surface area contributed by atoms with Gasteiger partial charge < -0.3 is 5.11 Å². The first-order valence-corrected chi connectivity index (χ1v) is 1.88. The van der Waals surface area contributed by atoms with Crippen molar-refractivity contribution in [2.75, 3.05) is 6.61 Å². The summed E-state index contributed by atoms with van der Waals surface area (Å²) < 4.78 is 0. The van der Waals surface area contributed by atoms with Gasteiger partial charge in [-0.05, 0) is 5.92 Å². The molecule has 6 heavy (non-hydrogen) atoms. The Labute approximate surface area is 50.9 Å². The summed E-state index contributed by atoms with van der Waals surface area (Å²) in [6, 6.07) is 0. The van der Waals surface area contributed by atoms with E-state index in [0.29, 0.717) is 12.5 Å². The van der Waals surface area contributed by atoms with E-state index in [1.165, 1.54) is 0 Å². The topological polar surface area (TPSA) is 20.2 Å². The summed E-state index contributed by atoms with van der Waals surface area (Å²) in [5.74, 6) is 0.440. The minimum atomic E-state index is 0. The Bertz CT molecular complexity index is 21.5. The van der Waals surface area contributed by atoms with Crippen LogP contribution in [0.4, 0.5) is 0 Å². The average molecular weight is 82.1 g/mol. The van der Waals surface area contributed by atoms with Crippen molar-refractivity contribution >= 4 is 18.9 Å². The molecule has 1 N–H and O–H groups in total. The molecule has 0 unspecified atom stereocenters. The van der Waals surface area contributed by atoms with E-state index in [1.54, 1.807) is 0 Å². The van der Waals surface area contributed by atoms with Gasteiger partial charge >= 0.3 is 18.9 Å². The van der Waals surface area contributed by atoms with E-state index in [4.69, 9.17) is 5.11 Å². The van der Waals surface area contributed by atoms with Gasteiger partial charge in [0.2, 0.25) is 0 Å². The predicted octanol–water partition coefficient (Wildman–Crippen LogP) is -0.0138. The molecule has 0 aliphatic carbocycles. The van der Waals surface area contributed by atoms with Crippen LogP contribution in [0.15, 0.2) is 0 Å². The minimum absolute atomic E-state index is 0. The quantitative estimate of drug-likeness (QED) is 0.441. The van der Waals surface area contributed by atoms with Crippen LogP contribution in [-0.4, -0.2) is 30.6 Å². The van der Waals surface area contributed by atoms with Crippen LogP contribution in [-0.2, 0) is 0 Å². The van der Waals surface area contributed by atoms with Crippen molar-refractivity contribution in [1.82, 2.24) is 0 Å². The third kappa shape index (κ3) is 8.82. The van der Waals surface area contributed by atoms with Crippen molar-refractivity contribution in [3.05, 3.63) is 0 Å². The molecule has 0 aromatic carbocycles. The summed E-state index contributed by atoms with van der Waals surface area (Å²) in [5, 5.41) is 8.14. The van der Waals surface area contributed by atoms with E-state index in [9.17, 15) is 0 Å². The molecule has 0 aliphatic heterocycles. The zero-order valence-corrected chi connectivity index (χ0v) is 3.73. The number of rotatable bonds is 1. The zero-order valence-electron chi connectivity index (χ0n) is 3.73. The van der Waals surface area contributed by atoms with Gasteiger partial charge in [-0.2, -0.15) is 0 Å². The van der Waals surface area contributed by atoms with Crippen molar-refractivity contribution in [2.45, 2.75) is 13.8 Å². The van der Waals surface area contributed by atoms with Crippen LogP contribution in [0.2, 0.25) is 0 Å². The summed E-state index contributed by atoms with van der Waals surface area (Å²) >= 11 is 0. The van der Waals surface area contributed by atoms with Gasteiger partial charge in [-0.3, -0.25) is 0 Å². The third-order valence-electron chi connectivity index (χ3n) is 0.365. The molecule has 0 aliphatic rings. The molecular weight excluding hydrogens is 71.0 g/mol. The Morgan fingerprint density at radius 1 is 1.50 bits per heavy atom. The molecule has 1 nitrogen and oxygen atoms in total. The van der Waals surface area contributed by atoms with Crippen molar-refractivity contribution in [2.24, 2.45) is 5.92 Å². The van der Waals surface area contributed by atoms with E-state index >= 15 is 0 Å². The summed E-state index contributed by atoms with van der Waals surface area (Å²) in [6.07, 6.45) is 0. The number of aliphatic hydroxyl groups excluding tert-OH is 1. The summed E-state index contributed by atoms with van der Waals surface area (Å²) in [6.45, 7) is 4.25. The first-order valence-electron chi connectivity index (χ1n) is 1.88. The van der Waals surface area contributed by atoms with Gasteiger partial charge in [0.15, 0.2) is 0 Å². The van der Waals surface area contributed by atoms with E-state index in [0.717, 1.165) is 0 Å². The molecule has 0 aromatic rings. The van der Waals surface area contributed by atoms with Gasteiger partial charge in [0.25, 0.3) is 0 Å². The van der Waals surface area contributed by atoms with E-state index < -0.39 is 0 Å². The molecular formula is C4H11LiO. The second-order valence-electron chi connectivity index (χ2n) is 1.58. The Kier molecular flexibility index (Phi) is 9.03. The van der Waals surface area contributed by atoms with Crippen LogP contribution >= 0.6 is 0 Å². The van der Waals surface area contributed by atoms with Gasteiger partial charge in [0.05, 0.1) is 0 Å². The molecule has 0 aromatic heterocycles. The summed E-state index contributed by atoms with van der Waals surface area (Å²) in [7, 11) is 0. The first kappa shape index (κ1) is 9.75. The Morgan fingerprint density at radius 3 is 1.67 bits per heavy atom. The van der Waals surface area contributed by atoms with Crippen molar-refractivity contribution in [3.63, 3.8) is 0 Å². The van der Waals surface area contributed by atoms with Crippen molar-refractivity contribution in [3.8, 4) is 0 Å². The van der Waals surface area contributed by atoms with Gasteiger partial charge in [-0.25, -0.2) is 0 Å². The molecule has 0 atom stereocenters. The van der Waals surface area contributed by atoms with Crippen LogP contribution < -0.4 is 0 Å². The molecule has 34 valence electrons. The summed E-state index contributed by atoms with van der Waals surface area (Å²) in [4.78, 5) is 0. The molecule has 0 fully saturated rings. The summed E-state index contributed by atoms with van der Waals surface area (Å²) in [5.41, 5.74) is 0. The molecule has 0 saturated carbocycles. The molecule has 0 saturated heterocycles. The number of hydrogen-bond donors (Lipinski definition) is 1. The second-order valence-corrected chi connectivity index (χ2v) is 1.58. The van der Waals surface area contributed by atoms with Crippen molar-refractivity contribution in [1.29, 1.82) is 0 Å². The van der Waals surface area contributed by atoms with Crippen LogP contribution in [0.25, 0.3) is 0 Å². The molecule has 0 bridgehead atoms.